The molecule has 0 atom stereocenters. The topological polar surface area (TPSA) is 48.0 Å². The van der Waals surface area contributed by atoms with Crippen LogP contribution in [-0.2, 0) is 16.1 Å². The van der Waals surface area contributed by atoms with Crippen LogP contribution in [0.5, 0.6) is 11.5 Å². The average molecular weight is 365 g/mol. The molecule has 0 amide bonds. The standard InChI is InChI=1S/C19H27NO4S/c1-19(2,10-9-18(21)25-6)20(3)11-12-24-14-15-7-8-16(22-4)17(13-15)23-5/h7-8,13H,11-12,14H2,1-6H3. The monoisotopic (exact) mass is 365 g/mol. The van der Waals surface area contributed by atoms with Crippen LogP contribution in [0.2, 0.25) is 0 Å². The molecular formula is C19H27NO4S. The lowest BCUT2D eigenvalue weighted by Gasteiger charge is -2.30. The van der Waals surface area contributed by atoms with Crippen molar-refractivity contribution in [2.75, 3.05) is 40.7 Å². The first-order chi connectivity index (χ1) is 11.8. The zero-order chi connectivity index (χ0) is 18.9. The van der Waals surface area contributed by atoms with Crippen LogP contribution in [0.1, 0.15) is 19.4 Å². The molecule has 0 aliphatic heterocycles. The Morgan fingerprint density at radius 1 is 1.24 bits per heavy atom. The summed E-state index contributed by atoms with van der Waals surface area (Å²) >= 11 is 1.13. The SMILES string of the molecule is COc1ccc(COCCN(C)C(C)(C)C#CC(=O)SC)cc1OC. The lowest BCUT2D eigenvalue weighted by atomic mass is 10.0. The maximum absolute atomic E-state index is 11.3. The van der Waals surface area contributed by atoms with Gasteiger partial charge in [0, 0.05) is 6.54 Å². The highest BCUT2D eigenvalue weighted by Gasteiger charge is 2.20. The van der Waals surface area contributed by atoms with Crippen molar-refractivity contribution in [2.45, 2.75) is 26.0 Å². The molecule has 0 heterocycles. The van der Waals surface area contributed by atoms with Crippen molar-refractivity contribution in [1.82, 2.24) is 4.90 Å². The van der Waals surface area contributed by atoms with E-state index in [-0.39, 0.29) is 5.12 Å². The normalized spacial score (nSPS) is 11.0. The van der Waals surface area contributed by atoms with Gasteiger partial charge in [-0.1, -0.05) is 23.7 Å². The number of hydrogen-bond acceptors (Lipinski definition) is 6. The summed E-state index contributed by atoms with van der Waals surface area (Å²) in [5.41, 5.74) is 0.628. The number of thioether (sulfide) groups is 1. The van der Waals surface area contributed by atoms with Crippen LogP contribution >= 0.6 is 11.8 Å². The van der Waals surface area contributed by atoms with Crippen molar-refractivity contribution in [2.24, 2.45) is 0 Å². The fraction of sp³-hybridized carbons (Fsp3) is 0.526. The van der Waals surface area contributed by atoms with Gasteiger partial charge in [-0.2, -0.15) is 0 Å². The van der Waals surface area contributed by atoms with Gasteiger partial charge in [0.25, 0.3) is 5.12 Å². The van der Waals surface area contributed by atoms with Crippen molar-refractivity contribution in [3.8, 4) is 23.3 Å². The molecule has 5 nitrogen and oxygen atoms in total. The number of carbonyl (C=O) groups excluding carboxylic acids is 1. The molecule has 0 aliphatic carbocycles. The average Bonchev–Trinajstić information content (AvgIpc) is 2.62. The molecule has 0 saturated heterocycles. The van der Waals surface area contributed by atoms with Gasteiger partial charge in [0.1, 0.15) is 0 Å². The van der Waals surface area contributed by atoms with E-state index in [0.717, 1.165) is 17.3 Å². The fourth-order valence-electron chi connectivity index (χ4n) is 1.99. The number of carbonyl (C=O) groups is 1. The predicted octanol–water partition coefficient (Wildman–Crippen LogP) is 2.82. The zero-order valence-corrected chi connectivity index (χ0v) is 16.7. The Balaban J connectivity index is 2.49. The van der Waals surface area contributed by atoms with Gasteiger partial charge in [-0.15, -0.1) is 0 Å². The van der Waals surface area contributed by atoms with Gasteiger partial charge < -0.3 is 14.2 Å². The van der Waals surface area contributed by atoms with Crippen molar-refractivity contribution in [3.63, 3.8) is 0 Å². The quantitative estimate of drug-likeness (QED) is 0.522. The second-order valence-corrected chi connectivity index (χ2v) is 6.74. The van der Waals surface area contributed by atoms with E-state index >= 15 is 0 Å². The maximum Gasteiger partial charge on any atom is 0.262 e. The Morgan fingerprint density at radius 3 is 2.52 bits per heavy atom. The first kappa shape index (κ1) is 21.4. The number of rotatable bonds is 8. The van der Waals surface area contributed by atoms with E-state index in [0.29, 0.717) is 31.3 Å². The largest absolute Gasteiger partial charge is 0.493 e. The van der Waals surface area contributed by atoms with Crippen LogP contribution in [0.15, 0.2) is 18.2 Å². The third kappa shape index (κ3) is 6.99. The minimum Gasteiger partial charge on any atom is -0.493 e. The van der Waals surface area contributed by atoms with Crippen molar-refractivity contribution in [3.05, 3.63) is 23.8 Å². The van der Waals surface area contributed by atoms with Crippen LogP contribution in [0, 0.1) is 11.8 Å². The van der Waals surface area contributed by atoms with Crippen LogP contribution in [0.3, 0.4) is 0 Å². The summed E-state index contributed by atoms with van der Waals surface area (Å²) in [4.78, 5) is 13.4. The number of methoxy groups -OCH3 is 2. The molecule has 0 aliphatic rings. The fourth-order valence-corrected chi connectivity index (χ4v) is 2.14. The van der Waals surface area contributed by atoms with E-state index in [1.54, 1.807) is 20.5 Å². The lowest BCUT2D eigenvalue weighted by molar-refractivity contribution is -0.106. The van der Waals surface area contributed by atoms with Crippen molar-refractivity contribution >= 4 is 16.9 Å². The van der Waals surface area contributed by atoms with E-state index in [2.05, 4.69) is 16.7 Å². The van der Waals surface area contributed by atoms with Gasteiger partial charge in [0.2, 0.25) is 0 Å². The summed E-state index contributed by atoms with van der Waals surface area (Å²) in [6, 6.07) is 5.73. The molecule has 138 valence electrons. The van der Waals surface area contributed by atoms with Crippen LogP contribution in [0.4, 0.5) is 0 Å². The molecule has 1 aromatic rings. The Morgan fingerprint density at radius 2 is 1.92 bits per heavy atom. The third-order valence-corrected chi connectivity index (χ3v) is 4.37. The first-order valence-electron chi connectivity index (χ1n) is 7.95. The lowest BCUT2D eigenvalue weighted by Crippen LogP contribution is -2.41. The molecule has 0 radical (unpaired) electrons. The molecule has 0 fully saturated rings. The number of ether oxygens (including phenoxy) is 3. The molecule has 0 unspecified atom stereocenters. The second kappa shape index (κ2) is 10.3. The van der Waals surface area contributed by atoms with Crippen LogP contribution in [-0.4, -0.2) is 56.2 Å². The summed E-state index contributed by atoms with van der Waals surface area (Å²) < 4.78 is 16.3. The molecule has 1 rings (SSSR count). The molecule has 25 heavy (non-hydrogen) atoms. The third-order valence-electron chi connectivity index (χ3n) is 3.90. The first-order valence-corrected chi connectivity index (χ1v) is 9.17. The van der Waals surface area contributed by atoms with Gasteiger partial charge in [0.15, 0.2) is 11.5 Å². The van der Waals surface area contributed by atoms with Crippen LogP contribution in [0.25, 0.3) is 0 Å². The summed E-state index contributed by atoms with van der Waals surface area (Å²) in [5.74, 6) is 7.06. The molecule has 0 aromatic heterocycles. The zero-order valence-electron chi connectivity index (χ0n) is 15.8. The summed E-state index contributed by atoms with van der Waals surface area (Å²) in [6.07, 6.45) is 1.73. The Bertz CT molecular complexity index is 634. The Hall–Kier alpha value is -1.68. The summed E-state index contributed by atoms with van der Waals surface area (Å²) in [5, 5.41) is -0.119. The summed E-state index contributed by atoms with van der Waals surface area (Å²) in [6.45, 7) is 5.74. The van der Waals surface area contributed by atoms with Crippen LogP contribution < -0.4 is 9.47 Å². The van der Waals surface area contributed by atoms with E-state index in [4.69, 9.17) is 14.2 Å². The second-order valence-electron chi connectivity index (χ2n) is 5.96. The van der Waals surface area contributed by atoms with Gasteiger partial charge in [-0.05, 0) is 50.8 Å². The number of likely N-dealkylation sites (N-methyl/N-ethyl adjacent to an activating group) is 1. The number of benzene rings is 1. The van der Waals surface area contributed by atoms with E-state index in [1.165, 1.54) is 0 Å². The smallest absolute Gasteiger partial charge is 0.262 e. The van der Waals surface area contributed by atoms with E-state index in [1.807, 2.05) is 39.1 Å². The highest BCUT2D eigenvalue weighted by Crippen LogP contribution is 2.27. The molecule has 1 aromatic carbocycles. The van der Waals surface area contributed by atoms with Crippen molar-refractivity contribution in [1.29, 1.82) is 0 Å². The molecule has 0 bridgehead atoms. The maximum atomic E-state index is 11.3. The van der Waals surface area contributed by atoms with E-state index < -0.39 is 5.54 Å². The molecule has 0 N–H and O–H groups in total. The molecule has 6 heteroatoms. The minimum atomic E-state index is -0.391. The molecule has 0 saturated carbocycles. The van der Waals surface area contributed by atoms with Crippen molar-refractivity contribution < 1.29 is 19.0 Å². The van der Waals surface area contributed by atoms with Gasteiger partial charge >= 0.3 is 0 Å². The predicted molar refractivity (Wildman–Crippen MR) is 102 cm³/mol. The summed E-state index contributed by atoms with van der Waals surface area (Å²) in [7, 11) is 5.20. The highest BCUT2D eigenvalue weighted by molar-refractivity contribution is 8.13. The number of hydrogen-bond donors (Lipinski definition) is 0. The Kier molecular flexibility index (Phi) is 8.84. The van der Waals surface area contributed by atoms with E-state index in [9.17, 15) is 4.79 Å². The molecular weight excluding hydrogens is 338 g/mol. The highest BCUT2D eigenvalue weighted by atomic mass is 32.2. The van der Waals surface area contributed by atoms with Gasteiger partial charge in [-0.3, -0.25) is 9.69 Å². The molecule has 0 spiro atoms. The van der Waals surface area contributed by atoms with Gasteiger partial charge in [-0.25, -0.2) is 0 Å². The minimum absolute atomic E-state index is 0.119. The Labute approximate surface area is 155 Å². The van der Waals surface area contributed by atoms with Gasteiger partial charge in [0.05, 0.1) is 33.0 Å². The number of nitrogens with zero attached hydrogens (tertiary/aromatic N) is 1.